The molecule has 5 rings (SSSR count). The number of oxime groups is 1. The summed E-state index contributed by atoms with van der Waals surface area (Å²) in [6, 6.07) is -0.872. The Hall–Kier alpha value is -2.68. The first-order valence-electron chi connectivity index (χ1n) is 11.7. The Kier molecular flexibility index (Phi) is 6.47. The van der Waals surface area contributed by atoms with Gasteiger partial charge in [-0.2, -0.15) is 0 Å². The van der Waals surface area contributed by atoms with E-state index >= 15 is 0 Å². The lowest BCUT2D eigenvalue weighted by Crippen LogP contribution is -2.71. The Bertz CT molecular complexity index is 1150. The number of thiazole rings is 1. The number of quaternary nitrogens is 1. The lowest BCUT2D eigenvalue weighted by molar-refractivity contribution is -0.896. The molecule has 0 bridgehead atoms. The van der Waals surface area contributed by atoms with Crippen LogP contribution in [0.15, 0.2) is 21.8 Å². The van der Waals surface area contributed by atoms with Gasteiger partial charge in [0.05, 0.1) is 20.1 Å². The van der Waals surface area contributed by atoms with E-state index in [1.54, 1.807) is 5.38 Å². The van der Waals surface area contributed by atoms with Crippen LogP contribution in [-0.4, -0.2) is 119 Å². The summed E-state index contributed by atoms with van der Waals surface area (Å²) in [5.74, 6) is -0.462. The highest BCUT2D eigenvalue weighted by Crippen LogP contribution is 2.42. The lowest BCUT2D eigenvalue weighted by Gasteiger charge is -2.49. The van der Waals surface area contributed by atoms with Gasteiger partial charge in [0.25, 0.3) is 11.8 Å². The minimum atomic E-state index is -1.11. The maximum Gasteiger partial charge on any atom is 0.352 e. The summed E-state index contributed by atoms with van der Waals surface area (Å²) < 4.78 is 0.788. The van der Waals surface area contributed by atoms with E-state index in [2.05, 4.69) is 34.5 Å². The van der Waals surface area contributed by atoms with Crippen molar-refractivity contribution in [1.82, 2.24) is 20.1 Å². The van der Waals surface area contributed by atoms with E-state index in [-0.39, 0.29) is 22.2 Å². The van der Waals surface area contributed by atoms with Crippen molar-refractivity contribution in [3.05, 3.63) is 22.3 Å². The Morgan fingerprint density at radius 1 is 1.36 bits per heavy atom. The maximum absolute atomic E-state index is 13.1. The van der Waals surface area contributed by atoms with Crippen molar-refractivity contribution >= 4 is 51.7 Å². The molecule has 4 aliphatic rings. The Morgan fingerprint density at radius 3 is 2.64 bits per heavy atom. The predicted octanol–water partition coefficient (Wildman–Crippen LogP) is -0.548. The first kappa shape index (κ1) is 25.0. The maximum atomic E-state index is 13.1. The largest absolute Gasteiger partial charge is 0.477 e. The van der Waals surface area contributed by atoms with E-state index in [0.717, 1.165) is 47.6 Å². The van der Waals surface area contributed by atoms with E-state index in [4.69, 9.17) is 10.6 Å². The number of nitrogen functional groups attached to an aromatic ring is 1. The molecule has 0 aliphatic carbocycles. The average molecular weight is 537 g/mol. The summed E-state index contributed by atoms with van der Waals surface area (Å²) in [5, 5.41) is 17.8. The molecule has 5 heterocycles. The summed E-state index contributed by atoms with van der Waals surface area (Å²) in [6.07, 6.45) is 0. The van der Waals surface area contributed by atoms with Crippen molar-refractivity contribution in [2.24, 2.45) is 17.0 Å². The molecule has 194 valence electrons. The van der Waals surface area contributed by atoms with Gasteiger partial charge >= 0.3 is 5.97 Å². The van der Waals surface area contributed by atoms with Crippen LogP contribution in [0, 0.1) is 11.8 Å². The zero-order valence-electron chi connectivity index (χ0n) is 20.3. The number of carbonyl (C=O) groups excluding carboxylic acids is 2. The van der Waals surface area contributed by atoms with Gasteiger partial charge in [-0.1, -0.05) is 5.16 Å². The number of fused-ring (bicyclic) bond motifs is 2. The highest BCUT2D eigenvalue weighted by atomic mass is 32.2. The summed E-state index contributed by atoms with van der Waals surface area (Å²) in [5.41, 5.74) is 6.64. The van der Waals surface area contributed by atoms with Crippen LogP contribution in [0.1, 0.15) is 5.69 Å². The van der Waals surface area contributed by atoms with Crippen LogP contribution in [-0.2, 0) is 19.2 Å². The quantitative estimate of drug-likeness (QED) is 0.181. The van der Waals surface area contributed by atoms with Crippen LogP contribution in [0.3, 0.4) is 0 Å². The zero-order chi connectivity index (χ0) is 25.8. The van der Waals surface area contributed by atoms with Crippen molar-refractivity contribution in [2.45, 2.75) is 11.4 Å². The lowest BCUT2D eigenvalue weighted by atomic mass is 10.0. The fourth-order valence-corrected chi connectivity index (χ4v) is 7.97. The van der Waals surface area contributed by atoms with Crippen LogP contribution in [0.2, 0.25) is 0 Å². The number of aliphatic carboxylic acids is 1. The number of nitrogens with two attached hydrogens (primary N) is 1. The number of nitrogens with one attached hydrogen (secondary N) is 1. The third-order valence-electron chi connectivity index (χ3n) is 7.38. The first-order valence-corrected chi connectivity index (χ1v) is 13.6. The number of carboxylic acid groups (broad SMARTS) is 1. The molecule has 0 saturated carbocycles. The van der Waals surface area contributed by atoms with Crippen molar-refractivity contribution in [3.8, 4) is 0 Å². The number of carboxylic acids is 1. The molecule has 4 aliphatic heterocycles. The Morgan fingerprint density at radius 2 is 2.06 bits per heavy atom. The monoisotopic (exact) mass is 536 g/mol. The summed E-state index contributed by atoms with van der Waals surface area (Å²) >= 11 is 2.62. The third kappa shape index (κ3) is 4.35. The fraction of sp³-hybridized carbons (Fsp3) is 0.591. The molecule has 3 saturated heterocycles. The number of likely N-dealkylation sites (tertiary alicyclic amines) is 2. The molecular formula is C22H30N7O5S2+. The first-order chi connectivity index (χ1) is 17.1. The molecule has 1 aromatic heterocycles. The Labute approximate surface area is 216 Å². The molecule has 0 radical (unpaired) electrons. The standard InChI is InChI=1S/C22H29N7O5S2/c1-27-4-11-6-29(2,7-12(11)5-27)8-13-9-35-20-16(19(31)28(20)17(13)21(32)33)25-18(30)15(26-34-3)14-10-36-22(23)24-14/h10-12,16,20H,4-9H2,1-3H3,(H3-,23,24,25,30,32,33)/p+1/b26-15-/t11?,12?,16-,20-,29?/m1/s1. The van der Waals surface area contributed by atoms with Crippen molar-refractivity contribution in [1.29, 1.82) is 0 Å². The van der Waals surface area contributed by atoms with Crippen LogP contribution in [0.5, 0.6) is 0 Å². The highest BCUT2D eigenvalue weighted by molar-refractivity contribution is 8.00. The van der Waals surface area contributed by atoms with Crippen LogP contribution in [0.25, 0.3) is 0 Å². The van der Waals surface area contributed by atoms with Gasteiger partial charge < -0.3 is 30.4 Å². The molecule has 12 nitrogen and oxygen atoms in total. The number of carbonyl (C=O) groups is 3. The van der Waals surface area contributed by atoms with Gasteiger partial charge in [0.2, 0.25) is 0 Å². The summed E-state index contributed by atoms with van der Waals surface area (Å²) in [6.45, 7) is 4.78. The minimum Gasteiger partial charge on any atom is -0.477 e. The number of likely N-dealkylation sites (N-methyl/N-ethyl adjacent to an activating group) is 1. The molecule has 2 unspecified atom stereocenters. The number of hydrogen-bond donors (Lipinski definition) is 3. The van der Waals surface area contributed by atoms with E-state index in [0.29, 0.717) is 24.1 Å². The van der Waals surface area contributed by atoms with Crippen molar-refractivity contribution in [2.75, 3.05) is 65.4 Å². The fourth-order valence-electron chi connectivity index (χ4n) is 6.09. The summed E-state index contributed by atoms with van der Waals surface area (Å²) in [4.78, 5) is 50.9. The van der Waals surface area contributed by atoms with Gasteiger partial charge in [-0.3, -0.25) is 14.5 Å². The number of aromatic nitrogens is 1. The minimum absolute atomic E-state index is 0.0563. The molecule has 1 aromatic rings. The molecule has 2 amide bonds. The van der Waals surface area contributed by atoms with Gasteiger partial charge in [-0.05, 0) is 7.05 Å². The number of thioether (sulfide) groups is 1. The second-order valence-electron chi connectivity index (χ2n) is 10.2. The summed E-state index contributed by atoms with van der Waals surface area (Å²) in [7, 11) is 5.63. The molecule has 4 N–H and O–H groups in total. The SMILES string of the molecule is CO/N=C(\C(=O)N[C@@H]1C(=O)N2C(C(=O)O)=C(C[N+]3(C)CC4CN(C)CC4C3)CS[C@H]12)c1csc(N)n1. The molecule has 36 heavy (non-hydrogen) atoms. The number of amides is 2. The van der Waals surface area contributed by atoms with Gasteiger partial charge in [-0.25, -0.2) is 9.78 Å². The highest BCUT2D eigenvalue weighted by Gasteiger charge is 2.56. The normalized spacial score (nSPS) is 32.2. The van der Waals surface area contributed by atoms with Crippen LogP contribution in [0.4, 0.5) is 5.13 Å². The molecule has 3 fully saturated rings. The smallest absolute Gasteiger partial charge is 0.352 e. The zero-order valence-corrected chi connectivity index (χ0v) is 22.0. The molecular weight excluding hydrogens is 506 g/mol. The molecule has 0 spiro atoms. The van der Waals surface area contributed by atoms with E-state index < -0.39 is 29.2 Å². The number of anilines is 1. The van der Waals surface area contributed by atoms with Gasteiger partial charge in [0.15, 0.2) is 10.8 Å². The van der Waals surface area contributed by atoms with E-state index in [1.807, 2.05) is 0 Å². The van der Waals surface area contributed by atoms with Gasteiger partial charge in [-0.15, -0.1) is 23.1 Å². The predicted molar refractivity (Wildman–Crippen MR) is 135 cm³/mol. The van der Waals surface area contributed by atoms with E-state index in [9.17, 15) is 19.5 Å². The molecule has 0 aromatic carbocycles. The third-order valence-corrected chi connectivity index (χ3v) is 9.39. The van der Waals surface area contributed by atoms with Gasteiger partial charge in [0, 0.05) is 41.6 Å². The van der Waals surface area contributed by atoms with Gasteiger partial charge in [0.1, 0.15) is 36.5 Å². The van der Waals surface area contributed by atoms with Crippen LogP contribution >= 0.6 is 23.1 Å². The number of rotatable bonds is 7. The van der Waals surface area contributed by atoms with Crippen molar-refractivity contribution < 1.29 is 28.8 Å². The topological polar surface area (TPSA) is 150 Å². The number of nitrogens with zero attached hydrogens (tertiary/aromatic N) is 5. The van der Waals surface area contributed by atoms with Crippen LogP contribution < -0.4 is 11.1 Å². The average Bonchev–Trinajstić information content (AvgIpc) is 3.47. The van der Waals surface area contributed by atoms with Crippen molar-refractivity contribution in [3.63, 3.8) is 0 Å². The van der Waals surface area contributed by atoms with E-state index in [1.165, 1.54) is 23.8 Å². The second kappa shape index (κ2) is 9.32. The number of hydrogen-bond acceptors (Lipinski definition) is 10. The molecule has 4 atom stereocenters. The second-order valence-corrected chi connectivity index (χ2v) is 12.2. The Balaban J connectivity index is 1.31. The number of β-lactam (4-membered cyclic amide) rings is 1. The molecule has 14 heteroatoms.